The van der Waals surface area contributed by atoms with Crippen LogP contribution in [0.25, 0.3) is 0 Å². The van der Waals surface area contributed by atoms with E-state index in [2.05, 4.69) is 48.3 Å². The van der Waals surface area contributed by atoms with Gasteiger partial charge in [0.2, 0.25) is 0 Å². The highest BCUT2D eigenvalue weighted by molar-refractivity contribution is 14.1. The molecule has 0 radical (unpaired) electrons. The Balaban J connectivity index is 1.99. The Morgan fingerprint density at radius 1 is 1.17 bits per heavy atom. The first kappa shape index (κ1) is 12.2. The Hall–Kier alpha value is -0.880. The van der Waals surface area contributed by atoms with Crippen LogP contribution in [0.5, 0.6) is 0 Å². The zero-order chi connectivity index (χ0) is 12.5. The molecule has 1 heterocycles. The van der Waals surface area contributed by atoms with Crippen LogP contribution in [-0.2, 0) is 3.07 Å². The minimum atomic E-state index is -1.07. The quantitative estimate of drug-likeness (QED) is 0.732. The second-order valence-corrected chi connectivity index (χ2v) is 6.99. The van der Waals surface area contributed by atoms with Crippen molar-refractivity contribution in [2.75, 3.05) is 11.9 Å². The molecule has 18 heavy (non-hydrogen) atoms. The molecule has 0 amide bonds. The summed E-state index contributed by atoms with van der Waals surface area (Å²) < 4.78 is 12.0. The van der Waals surface area contributed by atoms with Gasteiger partial charge < -0.3 is 4.90 Å². The maximum atomic E-state index is 11.1. The SMILES string of the molecule is CN1c2cc(I=O)ccc2SC1c1ccccc1. The molecule has 0 saturated carbocycles. The van der Waals surface area contributed by atoms with E-state index in [9.17, 15) is 3.07 Å². The molecule has 1 aliphatic heterocycles. The first-order valence-corrected chi connectivity index (χ1v) is 8.49. The van der Waals surface area contributed by atoms with Crippen molar-refractivity contribution >= 4 is 38.6 Å². The van der Waals surface area contributed by atoms with Gasteiger partial charge in [-0.05, 0) is 23.8 Å². The van der Waals surface area contributed by atoms with E-state index < -0.39 is 21.2 Å². The monoisotopic (exact) mass is 369 g/mol. The molecular formula is C14H12INOS. The van der Waals surface area contributed by atoms with Crippen LogP contribution in [0.2, 0.25) is 0 Å². The van der Waals surface area contributed by atoms with Gasteiger partial charge in [0.05, 0.1) is 5.69 Å². The first-order valence-electron chi connectivity index (χ1n) is 5.65. The van der Waals surface area contributed by atoms with Crippen molar-refractivity contribution in [2.24, 2.45) is 0 Å². The lowest BCUT2D eigenvalue weighted by atomic mass is 10.2. The van der Waals surface area contributed by atoms with Gasteiger partial charge in [-0.25, -0.2) is 0 Å². The molecule has 4 heteroatoms. The number of benzene rings is 2. The van der Waals surface area contributed by atoms with Gasteiger partial charge in [-0.1, -0.05) is 42.1 Å². The van der Waals surface area contributed by atoms with Crippen LogP contribution in [0.3, 0.4) is 0 Å². The minimum absolute atomic E-state index is 0.321. The number of fused-ring (bicyclic) bond motifs is 1. The average molecular weight is 369 g/mol. The van der Waals surface area contributed by atoms with Crippen molar-refractivity contribution < 1.29 is 3.07 Å². The third-order valence-corrected chi connectivity index (χ3v) is 5.66. The zero-order valence-corrected chi connectivity index (χ0v) is 12.8. The summed E-state index contributed by atoms with van der Waals surface area (Å²) in [6, 6.07) is 16.6. The van der Waals surface area contributed by atoms with Crippen LogP contribution >= 0.6 is 33.0 Å². The molecule has 2 aromatic rings. The van der Waals surface area contributed by atoms with Gasteiger partial charge in [-0.15, -0.1) is 0 Å². The standard InChI is InChI=1S/C14H12INOS/c1-16-12-9-11(15-17)7-8-13(12)18-14(16)10-5-3-2-4-6-10/h2-9,14H,1H3. The fraction of sp³-hybridized carbons (Fsp3) is 0.143. The number of halogens is 1. The van der Waals surface area contributed by atoms with Gasteiger partial charge in [0.25, 0.3) is 0 Å². The van der Waals surface area contributed by atoms with E-state index >= 15 is 0 Å². The Kier molecular flexibility index (Phi) is 3.39. The van der Waals surface area contributed by atoms with E-state index in [0.29, 0.717) is 5.37 Å². The lowest BCUT2D eigenvalue weighted by Crippen LogP contribution is -2.16. The number of rotatable bonds is 2. The van der Waals surface area contributed by atoms with E-state index in [1.54, 1.807) is 0 Å². The van der Waals surface area contributed by atoms with E-state index in [0.717, 1.165) is 3.57 Å². The number of nitrogens with zero attached hydrogens (tertiary/aromatic N) is 1. The summed E-state index contributed by atoms with van der Waals surface area (Å²) in [6.45, 7) is 0. The molecule has 0 bridgehead atoms. The van der Waals surface area contributed by atoms with Crippen LogP contribution < -0.4 is 4.90 Å². The van der Waals surface area contributed by atoms with Crippen LogP contribution in [0.4, 0.5) is 5.69 Å². The lowest BCUT2D eigenvalue weighted by Gasteiger charge is -2.21. The summed E-state index contributed by atoms with van der Waals surface area (Å²) in [4.78, 5) is 3.53. The highest BCUT2D eigenvalue weighted by Gasteiger charge is 2.28. The Morgan fingerprint density at radius 2 is 1.94 bits per heavy atom. The molecule has 1 atom stereocenters. The number of anilines is 1. The average Bonchev–Trinajstić information content (AvgIpc) is 2.77. The maximum Gasteiger partial charge on any atom is 0.182 e. The van der Waals surface area contributed by atoms with Gasteiger partial charge in [-0.3, -0.25) is 3.07 Å². The summed E-state index contributed by atoms with van der Waals surface area (Å²) in [5.74, 6) is 0. The molecule has 0 aliphatic carbocycles. The molecule has 0 fully saturated rings. The Labute approximate surface area is 121 Å². The number of thioether (sulfide) groups is 1. The summed E-state index contributed by atoms with van der Waals surface area (Å²) in [6.07, 6.45) is 0. The number of hydrogen-bond donors (Lipinski definition) is 0. The molecule has 3 rings (SSSR count). The van der Waals surface area contributed by atoms with Crippen molar-refractivity contribution in [1.29, 1.82) is 0 Å². The first-order chi connectivity index (χ1) is 8.79. The second-order valence-electron chi connectivity index (χ2n) is 4.18. The fourth-order valence-electron chi connectivity index (χ4n) is 2.15. The zero-order valence-electron chi connectivity index (χ0n) is 9.84. The molecule has 92 valence electrons. The topological polar surface area (TPSA) is 20.3 Å². The van der Waals surface area contributed by atoms with Gasteiger partial charge >= 0.3 is 0 Å². The molecule has 2 aromatic carbocycles. The van der Waals surface area contributed by atoms with Gasteiger partial charge in [0.15, 0.2) is 21.2 Å². The van der Waals surface area contributed by atoms with Gasteiger partial charge in [-0.2, -0.15) is 0 Å². The van der Waals surface area contributed by atoms with Gasteiger partial charge in [0, 0.05) is 15.5 Å². The summed E-state index contributed by atoms with van der Waals surface area (Å²) in [7, 11) is 2.10. The summed E-state index contributed by atoms with van der Waals surface area (Å²) >= 11 is 0.779. The predicted molar refractivity (Wildman–Crippen MR) is 83.3 cm³/mol. The summed E-state index contributed by atoms with van der Waals surface area (Å²) in [5, 5.41) is 0.321. The van der Waals surface area contributed by atoms with Crippen molar-refractivity contribution in [3.8, 4) is 0 Å². The van der Waals surface area contributed by atoms with Crippen molar-refractivity contribution in [3.63, 3.8) is 0 Å². The third kappa shape index (κ3) is 2.07. The molecule has 1 unspecified atom stereocenters. The van der Waals surface area contributed by atoms with Crippen molar-refractivity contribution in [1.82, 2.24) is 0 Å². The van der Waals surface area contributed by atoms with Gasteiger partial charge in [0.1, 0.15) is 5.37 Å². The fourth-order valence-corrected chi connectivity index (χ4v) is 4.17. The molecule has 0 N–H and O–H groups in total. The lowest BCUT2D eigenvalue weighted by molar-refractivity contribution is 0.648. The second kappa shape index (κ2) is 5.01. The highest BCUT2D eigenvalue weighted by Crippen LogP contribution is 2.50. The van der Waals surface area contributed by atoms with Crippen LogP contribution in [0.15, 0.2) is 53.4 Å². The van der Waals surface area contributed by atoms with Crippen molar-refractivity contribution in [2.45, 2.75) is 10.3 Å². The smallest absolute Gasteiger partial charge is 0.182 e. The van der Waals surface area contributed by atoms with E-state index in [-0.39, 0.29) is 0 Å². The largest absolute Gasteiger partial charge is 0.357 e. The van der Waals surface area contributed by atoms with Crippen LogP contribution in [-0.4, -0.2) is 7.05 Å². The minimum Gasteiger partial charge on any atom is -0.357 e. The highest BCUT2D eigenvalue weighted by atomic mass is 127. The normalized spacial score (nSPS) is 17.8. The van der Waals surface area contributed by atoms with E-state index in [1.807, 2.05) is 23.9 Å². The molecule has 2 nitrogen and oxygen atoms in total. The van der Waals surface area contributed by atoms with Crippen molar-refractivity contribution in [3.05, 3.63) is 57.7 Å². The predicted octanol–water partition coefficient (Wildman–Crippen LogP) is 4.41. The Morgan fingerprint density at radius 3 is 2.67 bits per heavy atom. The molecule has 1 aliphatic rings. The van der Waals surface area contributed by atoms with E-state index in [4.69, 9.17) is 0 Å². The number of hydrogen-bond acceptors (Lipinski definition) is 3. The maximum absolute atomic E-state index is 11.1. The Bertz CT molecular complexity index is 588. The van der Waals surface area contributed by atoms with Crippen LogP contribution in [0, 0.1) is 3.57 Å². The summed E-state index contributed by atoms with van der Waals surface area (Å²) in [5.41, 5.74) is 2.50. The molecular weight excluding hydrogens is 357 g/mol. The van der Waals surface area contributed by atoms with Crippen LogP contribution in [0.1, 0.15) is 10.9 Å². The molecule has 0 spiro atoms. The molecule has 0 aromatic heterocycles. The third-order valence-electron chi connectivity index (χ3n) is 3.07. The molecule has 0 saturated heterocycles. The van der Waals surface area contributed by atoms with E-state index in [1.165, 1.54) is 16.1 Å².